The highest BCUT2D eigenvalue weighted by Crippen LogP contribution is 2.33. The summed E-state index contributed by atoms with van der Waals surface area (Å²) in [4.78, 5) is 0. The second-order valence-corrected chi connectivity index (χ2v) is 6.54. The van der Waals surface area contributed by atoms with Crippen molar-refractivity contribution in [1.82, 2.24) is 5.32 Å². The Morgan fingerprint density at radius 1 is 1.30 bits per heavy atom. The van der Waals surface area contributed by atoms with Crippen molar-refractivity contribution < 1.29 is 9.84 Å². The normalized spacial score (nSPS) is 26.2. The molecule has 0 bridgehead atoms. The highest BCUT2D eigenvalue weighted by atomic mass is 16.5. The molecule has 112 valence electrons. The molecule has 0 aromatic heterocycles. The number of aliphatic hydroxyl groups excluding tert-OH is 1. The first-order chi connectivity index (χ1) is 9.42. The molecule has 20 heavy (non-hydrogen) atoms. The maximum absolute atomic E-state index is 9.72. The van der Waals surface area contributed by atoms with Gasteiger partial charge in [0.2, 0.25) is 0 Å². The first-order valence-corrected chi connectivity index (χ1v) is 7.56. The van der Waals surface area contributed by atoms with Crippen molar-refractivity contribution in [2.75, 3.05) is 6.61 Å². The Morgan fingerprint density at radius 2 is 1.95 bits per heavy atom. The second kappa shape index (κ2) is 6.15. The maximum Gasteiger partial charge on any atom is 0.120 e. The highest BCUT2D eigenvalue weighted by Gasteiger charge is 2.40. The predicted molar refractivity (Wildman–Crippen MR) is 82.3 cm³/mol. The van der Waals surface area contributed by atoms with Crippen LogP contribution >= 0.6 is 0 Å². The summed E-state index contributed by atoms with van der Waals surface area (Å²) in [6.07, 6.45) is 3.02. The summed E-state index contributed by atoms with van der Waals surface area (Å²) in [5, 5.41) is 13.2. The molecule has 2 rings (SSSR count). The van der Waals surface area contributed by atoms with Gasteiger partial charge in [-0.1, -0.05) is 19.9 Å². The van der Waals surface area contributed by atoms with Gasteiger partial charge in [-0.3, -0.25) is 0 Å². The fraction of sp³-hybridized carbons (Fsp3) is 0.647. The number of nitrogens with one attached hydrogen (secondary N) is 1. The zero-order chi connectivity index (χ0) is 14.8. The van der Waals surface area contributed by atoms with Crippen molar-refractivity contribution in [3.8, 4) is 5.75 Å². The Labute approximate surface area is 122 Å². The van der Waals surface area contributed by atoms with Crippen LogP contribution in [0.3, 0.4) is 0 Å². The van der Waals surface area contributed by atoms with Gasteiger partial charge in [0.1, 0.15) is 11.9 Å². The Hall–Kier alpha value is -1.06. The topological polar surface area (TPSA) is 41.5 Å². The molecule has 1 aromatic carbocycles. The Bertz CT molecular complexity index is 438. The van der Waals surface area contributed by atoms with E-state index in [0.717, 1.165) is 25.0 Å². The van der Waals surface area contributed by atoms with Crippen molar-refractivity contribution in [1.29, 1.82) is 0 Å². The largest absolute Gasteiger partial charge is 0.490 e. The Balaban J connectivity index is 2.02. The van der Waals surface area contributed by atoms with Gasteiger partial charge in [-0.15, -0.1) is 0 Å². The molecular weight excluding hydrogens is 250 g/mol. The summed E-state index contributed by atoms with van der Waals surface area (Å²) < 4.78 is 6.12. The summed E-state index contributed by atoms with van der Waals surface area (Å²) in [7, 11) is 0. The van der Waals surface area contributed by atoms with Crippen LogP contribution in [0.15, 0.2) is 18.2 Å². The zero-order valence-corrected chi connectivity index (χ0v) is 13.1. The van der Waals surface area contributed by atoms with Crippen LogP contribution in [0.4, 0.5) is 0 Å². The summed E-state index contributed by atoms with van der Waals surface area (Å²) in [5.41, 5.74) is 2.29. The smallest absolute Gasteiger partial charge is 0.120 e. The molecule has 2 unspecified atom stereocenters. The van der Waals surface area contributed by atoms with E-state index in [1.165, 1.54) is 11.1 Å². The van der Waals surface area contributed by atoms with Crippen LogP contribution in [0.1, 0.15) is 44.2 Å². The van der Waals surface area contributed by atoms with Crippen LogP contribution in [-0.4, -0.2) is 29.4 Å². The van der Waals surface area contributed by atoms with Crippen LogP contribution < -0.4 is 10.1 Å². The van der Waals surface area contributed by atoms with E-state index in [0.29, 0.717) is 6.04 Å². The molecule has 0 amide bonds. The number of hydrogen-bond acceptors (Lipinski definition) is 3. The van der Waals surface area contributed by atoms with E-state index in [2.05, 4.69) is 51.2 Å². The monoisotopic (exact) mass is 277 g/mol. The molecule has 0 heterocycles. The van der Waals surface area contributed by atoms with Crippen molar-refractivity contribution in [2.24, 2.45) is 0 Å². The van der Waals surface area contributed by atoms with Gasteiger partial charge in [0.15, 0.2) is 0 Å². The van der Waals surface area contributed by atoms with E-state index in [1.54, 1.807) is 0 Å². The molecule has 3 nitrogen and oxygen atoms in total. The van der Waals surface area contributed by atoms with Crippen LogP contribution in [-0.2, 0) is 0 Å². The van der Waals surface area contributed by atoms with Gasteiger partial charge < -0.3 is 15.2 Å². The van der Waals surface area contributed by atoms with E-state index < -0.39 is 0 Å². The summed E-state index contributed by atoms with van der Waals surface area (Å²) in [6.45, 7) is 8.60. The third-order valence-electron chi connectivity index (χ3n) is 3.96. The lowest BCUT2D eigenvalue weighted by Crippen LogP contribution is -2.50. The fourth-order valence-electron chi connectivity index (χ4n) is 3.30. The van der Waals surface area contributed by atoms with Crippen LogP contribution in [0.25, 0.3) is 0 Å². The lowest BCUT2D eigenvalue weighted by Gasteiger charge is -2.31. The van der Waals surface area contributed by atoms with E-state index in [4.69, 9.17) is 4.74 Å². The van der Waals surface area contributed by atoms with Gasteiger partial charge in [0.05, 0.1) is 6.61 Å². The third kappa shape index (κ3) is 3.74. The predicted octanol–water partition coefficient (Wildman–Crippen LogP) is 2.96. The average Bonchev–Trinajstić information content (AvgIpc) is 2.70. The molecule has 0 radical (unpaired) electrons. The average molecular weight is 277 g/mol. The van der Waals surface area contributed by atoms with Crippen LogP contribution in [0.2, 0.25) is 0 Å². The second-order valence-electron chi connectivity index (χ2n) is 6.54. The fourth-order valence-corrected chi connectivity index (χ4v) is 3.30. The molecule has 0 aliphatic heterocycles. The summed E-state index contributed by atoms with van der Waals surface area (Å²) in [5.74, 6) is 0.950. The molecule has 2 atom stereocenters. The van der Waals surface area contributed by atoms with Gasteiger partial charge in [-0.05, 0) is 49.9 Å². The molecule has 1 aliphatic carbocycles. The maximum atomic E-state index is 9.72. The van der Waals surface area contributed by atoms with Gasteiger partial charge in [-0.2, -0.15) is 0 Å². The zero-order valence-electron chi connectivity index (χ0n) is 13.1. The standard InChI is InChI=1S/C17H27NO2/c1-12(2)18-17(11-19)6-5-15(10-17)20-16-8-13(3)7-14(4)9-16/h7-9,12,15,18-19H,5-6,10-11H2,1-4H3. The van der Waals surface area contributed by atoms with Crippen molar-refractivity contribution in [3.63, 3.8) is 0 Å². The van der Waals surface area contributed by atoms with Gasteiger partial charge in [0, 0.05) is 18.0 Å². The minimum Gasteiger partial charge on any atom is -0.490 e. The minimum absolute atomic E-state index is 0.169. The van der Waals surface area contributed by atoms with E-state index in [-0.39, 0.29) is 18.2 Å². The quantitative estimate of drug-likeness (QED) is 0.869. The first kappa shape index (κ1) is 15.3. The molecular formula is C17H27NO2. The molecule has 0 saturated heterocycles. The number of aliphatic hydroxyl groups is 1. The van der Waals surface area contributed by atoms with Crippen molar-refractivity contribution in [3.05, 3.63) is 29.3 Å². The van der Waals surface area contributed by atoms with Crippen LogP contribution in [0, 0.1) is 13.8 Å². The van der Waals surface area contributed by atoms with Gasteiger partial charge >= 0.3 is 0 Å². The highest BCUT2D eigenvalue weighted by molar-refractivity contribution is 5.33. The summed E-state index contributed by atoms with van der Waals surface area (Å²) >= 11 is 0. The van der Waals surface area contributed by atoms with Crippen LogP contribution in [0.5, 0.6) is 5.75 Å². The lowest BCUT2D eigenvalue weighted by atomic mass is 9.97. The molecule has 2 N–H and O–H groups in total. The van der Waals surface area contributed by atoms with Crippen molar-refractivity contribution >= 4 is 0 Å². The Morgan fingerprint density at radius 3 is 2.50 bits per heavy atom. The molecule has 1 aromatic rings. The number of aryl methyl sites for hydroxylation is 2. The lowest BCUT2D eigenvalue weighted by molar-refractivity contribution is 0.133. The molecule has 0 spiro atoms. The van der Waals surface area contributed by atoms with Crippen molar-refractivity contribution in [2.45, 2.75) is 64.6 Å². The SMILES string of the molecule is Cc1cc(C)cc(OC2CCC(CO)(NC(C)C)C2)c1. The molecule has 3 heteroatoms. The summed E-state index contributed by atoms with van der Waals surface area (Å²) in [6, 6.07) is 6.70. The van der Waals surface area contributed by atoms with E-state index in [9.17, 15) is 5.11 Å². The molecule has 1 fully saturated rings. The van der Waals surface area contributed by atoms with Gasteiger partial charge in [0.25, 0.3) is 0 Å². The van der Waals surface area contributed by atoms with E-state index >= 15 is 0 Å². The number of hydrogen-bond donors (Lipinski definition) is 2. The third-order valence-corrected chi connectivity index (χ3v) is 3.96. The molecule has 1 aliphatic rings. The first-order valence-electron chi connectivity index (χ1n) is 7.56. The van der Waals surface area contributed by atoms with Gasteiger partial charge in [-0.25, -0.2) is 0 Å². The van der Waals surface area contributed by atoms with E-state index in [1.807, 2.05) is 0 Å². The minimum atomic E-state index is -0.169. The number of rotatable bonds is 5. The Kier molecular flexibility index (Phi) is 4.71. The number of ether oxygens (including phenoxy) is 1. The molecule has 1 saturated carbocycles. The number of benzene rings is 1.